The second-order valence-electron chi connectivity index (χ2n) is 4.28. The van der Waals surface area contributed by atoms with E-state index in [0.29, 0.717) is 6.42 Å². The number of rotatable bonds is 5. The zero-order valence-electron chi connectivity index (χ0n) is 11.3. The van der Waals surface area contributed by atoms with Crippen molar-refractivity contribution in [3.63, 3.8) is 0 Å². The molecule has 1 rings (SSSR count). The van der Waals surface area contributed by atoms with Crippen molar-refractivity contribution in [3.8, 4) is 0 Å². The average Bonchev–Trinajstić information content (AvgIpc) is 2.43. The van der Waals surface area contributed by atoms with Crippen molar-refractivity contribution in [2.24, 2.45) is 0 Å². The average molecular weight is 262 g/mol. The SMILES string of the molecule is COC(=O)[C@H](CC=C(C)C)NC(=O)c1ccccn1. The van der Waals surface area contributed by atoms with Gasteiger partial charge in [0.2, 0.25) is 0 Å². The number of ether oxygens (including phenoxy) is 1. The monoisotopic (exact) mass is 262 g/mol. The molecule has 0 bridgehead atoms. The molecule has 1 aromatic heterocycles. The first-order valence-electron chi connectivity index (χ1n) is 5.97. The number of nitrogens with one attached hydrogen (secondary N) is 1. The molecule has 0 saturated heterocycles. The van der Waals surface area contributed by atoms with Gasteiger partial charge in [0, 0.05) is 6.20 Å². The van der Waals surface area contributed by atoms with Gasteiger partial charge in [-0.15, -0.1) is 0 Å². The highest BCUT2D eigenvalue weighted by Gasteiger charge is 2.21. The van der Waals surface area contributed by atoms with Crippen molar-refractivity contribution in [2.75, 3.05) is 7.11 Å². The van der Waals surface area contributed by atoms with Crippen LogP contribution in [0.5, 0.6) is 0 Å². The van der Waals surface area contributed by atoms with Gasteiger partial charge in [-0.3, -0.25) is 9.78 Å². The first-order chi connectivity index (χ1) is 9.04. The van der Waals surface area contributed by atoms with E-state index in [1.54, 1.807) is 18.2 Å². The summed E-state index contributed by atoms with van der Waals surface area (Å²) >= 11 is 0. The minimum Gasteiger partial charge on any atom is -0.467 e. The van der Waals surface area contributed by atoms with Crippen LogP contribution in [-0.2, 0) is 9.53 Å². The first-order valence-corrected chi connectivity index (χ1v) is 5.97. The van der Waals surface area contributed by atoms with E-state index in [4.69, 9.17) is 0 Å². The maximum atomic E-state index is 11.9. The van der Waals surface area contributed by atoms with Crippen molar-refractivity contribution < 1.29 is 14.3 Å². The molecule has 1 amide bonds. The Bertz CT molecular complexity index is 465. The summed E-state index contributed by atoms with van der Waals surface area (Å²) in [6.07, 6.45) is 3.80. The number of nitrogens with zero attached hydrogens (tertiary/aromatic N) is 1. The van der Waals surface area contributed by atoms with Crippen LogP contribution in [0.15, 0.2) is 36.0 Å². The quantitative estimate of drug-likeness (QED) is 0.648. The highest BCUT2D eigenvalue weighted by atomic mass is 16.5. The third kappa shape index (κ3) is 4.91. The smallest absolute Gasteiger partial charge is 0.328 e. The molecule has 1 heterocycles. The van der Waals surface area contributed by atoms with E-state index in [2.05, 4.69) is 15.0 Å². The standard InChI is InChI=1S/C14H18N2O3/c1-10(2)7-8-12(14(18)19-3)16-13(17)11-6-4-5-9-15-11/h4-7,9,12H,8H2,1-3H3,(H,16,17)/t12-/m0/s1. The Kier molecular flexibility index (Phi) is 5.73. The second kappa shape index (κ2) is 7.31. The fourth-order valence-electron chi connectivity index (χ4n) is 1.44. The van der Waals surface area contributed by atoms with Crippen molar-refractivity contribution in [2.45, 2.75) is 26.3 Å². The highest BCUT2D eigenvalue weighted by molar-refractivity contribution is 5.95. The predicted molar refractivity (Wildman–Crippen MR) is 71.6 cm³/mol. The number of aromatic nitrogens is 1. The Labute approximate surface area is 112 Å². The number of methoxy groups -OCH3 is 1. The summed E-state index contributed by atoms with van der Waals surface area (Å²) in [5.41, 5.74) is 1.34. The molecular formula is C14H18N2O3. The summed E-state index contributed by atoms with van der Waals surface area (Å²) in [6, 6.07) is 4.32. The molecule has 0 aliphatic rings. The van der Waals surface area contributed by atoms with E-state index in [1.165, 1.54) is 13.3 Å². The molecule has 0 unspecified atom stereocenters. The Morgan fingerprint density at radius 2 is 2.16 bits per heavy atom. The van der Waals surface area contributed by atoms with Gasteiger partial charge in [0.1, 0.15) is 11.7 Å². The van der Waals surface area contributed by atoms with Gasteiger partial charge >= 0.3 is 5.97 Å². The fourth-order valence-corrected chi connectivity index (χ4v) is 1.44. The largest absolute Gasteiger partial charge is 0.467 e. The second-order valence-corrected chi connectivity index (χ2v) is 4.28. The summed E-state index contributed by atoms with van der Waals surface area (Å²) < 4.78 is 4.68. The van der Waals surface area contributed by atoms with Crippen molar-refractivity contribution >= 4 is 11.9 Å². The normalized spacial score (nSPS) is 11.3. The van der Waals surface area contributed by atoms with Crippen LogP contribution in [0.4, 0.5) is 0 Å². The topological polar surface area (TPSA) is 68.3 Å². The van der Waals surface area contributed by atoms with Gasteiger partial charge in [-0.25, -0.2) is 4.79 Å². The van der Waals surface area contributed by atoms with E-state index in [1.807, 2.05) is 19.9 Å². The fraction of sp³-hybridized carbons (Fsp3) is 0.357. The molecule has 0 spiro atoms. The summed E-state index contributed by atoms with van der Waals surface area (Å²) in [5.74, 6) is -0.861. The third-order valence-corrected chi connectivity index (χ3v) is 2.45. The molecule has 0 radical (unpaired) electrons. The van der Waals surface area contributed by atoms with Crippen LogP contribution in [0.1, 0.15) is 30.8 Å². The van der Waals surface area contributed by atoms with Gasteiger partial charge in [-0.1, -0.05) is 17.7 Å². The number of amides is 1. The Balaban J connectivity index is 2.75. The van der Waals surface area contributed by atoms with Crippen LogP contribution in [-0.4, -0.2) is 30.0 Å². The number of hydrogen-bond donors (Lipinski definition) is 1. The maximum Gasteiger partial charge on any atom is 0.328 e. The van der Waals surface area contributed by atoms with E-state index in [9.17, 15) is 9.59 Å². The Morgan fingerprint density at radius 3 is 2.68 bits per heavy atom. The molecule has 102 valence electrons. The summed E-state index contributed by atoms with van der Waals surface area (Å²) in [7, 11) is 1.30. The summed E-state index contributed by atoms with van der Waals surface area (Å²) in [4.78, 5) is 27.5. The molecule has 0 saturated carbocycles. The van der Waals surface area contributed by atoms with E-state index in [0.717, 1.165) is 5.57 Å². The van der Waals surface area contributed by atoms with Crippen LogP contribution < -0.4 is 5.32 Å². The van der Waals surface area contributed by atoms with E-state index >= 15 is 0 Å². The lowest BCUT2D eigenvalue weighted by molar-refractivity contribution is -0.142. The minimum atomic E-state index is -0.700. The van der Waals surface area contributed by atoms with Gasteiger partial charge in [0.05, 0.1) is 7.11 Å². The lowest BCUT2D eigenvalue weighted by atomic mass is 10.1. The molecule has 1 aromatic rings. The van der Waals surface area contributed by atoms with Gasteiger partial charge in [-0.05, 0) is 32.4 Å². The Hall–Kier alpha value is -2.17. The molecule has 0 fully saturated rings. The predicted octanol–water partition coefficient (Wildman–Crippen LogP) is 1.71. The molecule has 1 atom stereocenters. The van der Waals surface area contributed by atoms with E-state index in [-0.39, 0.29) is 5.69 Å². The number of pyridine rings is 1. The zero-order valence-corrected chi connectivity index (χ0v) is 11.3. The lowest BCUT2D eigenvalue weighted by Crippen LogP contribution is -2.41. The highest BCUT2D eigenvalue weighted by Crippen LogP contribution is 2.03. The lowest BCUT2D eigenvalue weighted by Gasteiger charge is -2.14. The summed E-state index contributed by atoms with van der Waals surface area (Å²) in [5, 5.41) is 2.62. The molecule has 5 heteroatoms. The third-order valence-electron chi connectivity index (χ3n) is 2.45. The number of carbonyl (C=O) groups is 2. The van der Waals surface area contributed by atoms with Gasteiger partial charge in [-0.2, -0.15) is 0 Å². The molecule has 19 heavy (non-hydrogen) atoms. The molecule has 0 aliphatic heterocycles. The van der Waals surface area contributed by atoms with Crippen LogP contribution >= 0.6 is 0 Å². The number of carbonyl (C=O) groups excluding carboxylic acids is 2. The van der Waals surface area contributed by atoms with Crippen LogP contribution in [0.25, 0.3) is 0 Å². The van der Waals surface area contributed by atoms with Crippen LogP contribution in [0.2, 0.25) is 0 Å². The van der Waals surface area contributed by atoms with Gasteiger partial charge in [0.15, 0.2) is 0 Å². The first kappa shape index (κ1) is 14.9. The molecule has 0 aromatic carbocycles. The van der Waals surface area contributed by atoms with E-state index < -0.39 is 17.9 Å². The van der Waals surface area contributed by atoms with Crippen LogP contribution in [0, 0.1) is 0 Å². The summed E-state index contributed by atoms with van der Waals surface area (Å²) in [6.45, 7) is 3.85. The van der Waals surface area contributed by atoms with Crippen molar-refractivity contribution in [1.29, 1.82) is 0 Å². The Morgan fingerprint density at radius 1 is 1.42 bits per heavy atom. The van der Waals surface area contributed by atoms with Crippen molar-refractivity contribution in [3.05, 3.63) is 41.7 Å². The minimum absolute atomic E-state index is 0.272. The van der Waals surface area contributed by atoms with Crippen LogP contribution in [0.3, 0.4) is 0 Å². The molecule has 1 N–H and O–H groups in total. The number of esters is 1. The number of allylic oxidation sites excluding steroid dienone is 1. The van der Waals surface area contributed by atoms with Crippen molar-refractivity contribution in [1.82, 2.24) is 10.3 Å². The van der Waals surface area contributed by atoms with Gasteiger partial charge < -0.3 is 10.1 Å². The number of hydrogen-bond acceptors (Lipinski definition) is 4. The molecular weight excluding hydrogens is 244 g/mol. The zero-order chi connectivity index (χ0) is 14.3. The molecule has 0 aliphatic carbocycles. The molecule has 5 nitrogen and oxygen atoms in total. The van der Waals surface area contributed by atoms with Gasteiger partial charge in [0.25, 0.3) is 5.91 Å². The maximum absolute atomic E-state index is 11.9.